The maximum absolute atomic E-state index is 10.5. The molecule has 0 amide bonds. The third kappa shape index (κ3) is 3.06. The molecule has 1 aliphatic rings. The Morgan fingerprint density at radius 2 is 2.14 bits per heavy atom. The topological polar surface area (TPSA) is 38.7 Å². The molecule has 3 rings (SSSR count). The van der Waals surface area contributed by atoms with E-state index < -0.39 is 6.10 Å². The zero-order valence-corrected chi connectivity index (χ0v) is 13.4. The van der Waals surface area contributed by atoms with Crippen molar-refractivity contribution in [3.05, 3.63) is 57.6 Å². The second kappa shape index (κ2) is 6.08. The van der Waals surface area contributed by atoms with Crippen LogP contribution in [0.4, 0.5) is 0 Å². The van der Waals surface area contributed by atoms with Gasteiger partial charge in [-0.2, -0.15) is 0 Å². The number of benzene rings is 2. The lowest BCUT2D eigenvalue weighted by molar-refractivity contribution is 0.177. The highest BCUT2D eigenvalue weighted by molar-refractivity contribution is 9.10. The number of aliphatic hydroxyl groups is 1. The normalized spacial score (nSPS) is 14.4. The average Bonchev–Trinajstić information content (AvgIpc) is 2.94. The maximum Gasteiger partial charge on any atom is 0.122 e. The molecule has 1 N–H and O–H groups in total. The van der Waals surface area contributed by atoms with Gasteiger partial charge in [-0.05, 0) is 47.0 Å². The van der Waals surface area contributed by atoms with Crippen LogP contribution in [0.15, 0.2) is 40.9 Å². The highest BCUT2D eigenvalue weighted by atomic mass is 79.9. The van der Waals surface area contributed by atoms with Crippen LogP contribution < -0.4 is 9.47 Å². The van der Waals surface area contributed by atoms with Crippen molar-refractivity contribution in [2.75, 3.05) is 13.7 Å². The minimum atomic E-state index is -0.556. The Bertz CT molecular complexity index is 654. The van der Waals surface area contributed by atoms with Gasteiger partial charge >= 0.3 is 0 Å². The molecule has 110 valence electrons. The van der Waals surface area contributed by atoms with Crippen LogP contribution in [0.25, 0.3) is 0 Å². The van der Waals surface area contributed by atoms with E-state index in [1.54, 1.807) is 7.11 Å². The second-order valence-corrected chi connectivity index (χ2v) is 6.06. The maximum atomic E-state index is 10.5. The molecule has 2 aromatic carbocycles. The molecule has 0 fully saturated rings. The van der Waals surface area contributed by atoms with E-state index >= 15 is 0 Å². The number of hydrogen-bond acceptors (Lipinski definition) is 3. The zero-order chi connectivity index (χ0) is 14.8. The van der Waals surface area contributed by atoms with Crippen molar-refractivity contribution in [2.24, 2.45) is 0 Å². The van der Waals surface area contributed by atoms with Gasteiger partial charge in [-0.15, -0.1) is 0 Å². The highest BCUT2D eigenvalue weighted by Gasteiger charge is 2.17. The zero-order valence-electron chi connectivity index (χ0n) is 11.8. The number of fused-ring (bicyclic) bond motifs is 1. The molecule has 1 unspecified atom stereocenters. The minimum Gasteiger partial charge on any atom is -0.496 e. The fourth-order valence-corrected chi connectivity index (χ4v) is 3.06. The van der Waals surface area contributed by atoms with Gasteiger partial charge in [-0.1, -0.05) is 22.0 Å². The van der Waals surface area contributed by atoms with Gasteiger partial charge in [0.1, 0.15) is 11.5 Å². The molecule has 0 aromatic heterocycles. The standard InChI is InChI=1S/C17H17BrO3/c1-20-16-5-3-14(18)9-13(16)10-15(19)11-2-4-17-12(8-11)6-7-21-17/h2-5,8-9,15,19H,6-7,10H2,1H3. The number of methoxy groups -OCH3 is 1. The minimum absolute atomic E-state index is 0.516. The lowest BCUT2D eigenvalue weighted by atomic mass is 9.98. The van der Waals surface area contributed by atoms with E-state index in [-0.39, 0.29) is 0 Å². The van der Waals surface area contributed by atoms with Gasteiger partial charge in [-0.3, -0.25) is 0 Å². The van der Waals surface area contributed by atoms with E-state index in [1.807, 2.05) is 36.4 Å². The first-order chi connectivity index (χ1) is 10.2. The van der Waals surface area contributed by atoms with Crippen LogP contribution in [-0.2, 0) is 12.8 Å². The smallest absolute Gasteiger partial charge is 0.122 e. The first-order valence-electron chi connectivity index (χ1n) is 6.93. The van der Waals surface area contributed by atoms with Crippen molar-refractivity contribution >= 4 is 15.9 Å². The SMILES string of the molecule is COc1ccc(Br)cc1CC(O)c1ccc2c(c1)CCO2. The van der Waals surface area contributed by atoms with Gasteiger partial charge in [0.15, 0.2) is 0 Å². The number of halogens is 1. The van der Waals surface area contributed by atoms with Gasteiger partial charge in [0.2, 0.25) is 0 Å². The van der Waals surface area contributed by atoms with Crippen molar-refractivity contribution in [1.82, 2.24) is 0 Å². The van der Waals surface area contributed by atoms with Crippen molar-refractivity contribution in [3.63, 3.8) is 0 Å². The van der Waals surface area contributed by atoms with Gasteiger partial charge in [0.25, 0.3) is 0 Å². The van der Waals surface area contributed by atoms with Gasteiger partial charge in [0, 0.05) is 17.3 Å². The Morgan fingerprint density at radius 3 is 2.95 bits per heavy atom. The van der Waals surface area contributed by atoms with Crippen LogP contribution in [0.5, 0.6) is 11.5 Å². The van der Waals surface area contributed by atoms with E-state index in [4.69, 9.17) is 9.47 Å². The molecule has 0 spiro atoms. The van der Waals surface area contributed by atoms with Crippen LogP contribution >= 0.6 is 15.9 Å². The third-order valence-electron chi connectivity index (χ3n) is 3.75. The molecule has 4 heteroatoms. The molecule has 0 saturated heterocycles. The van der Waals surface area contributed by atoms with Crippen molar-refractivity contribution in [3.8, 4) is 11.5 Å². The molecule has 1 aliphatic heterocycles. The summed E-state index contributed by atoms with van der Waals surface area (Å²) in [6.45, 7) is 0.730. The Morgan fingerprint density at radius 1 is 1.29 bits per heavy atom. The summed E-state index contributed by atoms with van der Waals surface area (Å²) in [5.74, 6) is 1.73. The molecule has 21 heavy (non-hydrogen) atoms. The van der Waals surface area contributed by atoms with Crippen molar-refractivity contribution in [2.45, 2.75) is 18.9 Å². The Balaban J connectivity index is 1.83. The fourth-order valence-electron chi connectivity index (χ4n) is 2.65. The monoisotopic (exact) mass is 348 g/mol. The highest BCUT2D eigenvalue weighted by Crippen LogP contribution is 2.31. The summed E-state index contributed by atoms with van der Waals surface area (Å²) in [5, 5.41) is 10.5. The summed E-state index contributed by atoms with van der Waals surface area (Å²) in [7, 11) is 1.64. The quantitative estimate of drug-likeness (QED) is 0.916. The summed E-state index contributed by atoms with van der Waals surface area (Å²) in [4.78, 5) is 0. The Kier molecular flexibility index (Phi) is 4.17. The first-order valence-corrected chi connectivity index (χ1v) is 7.73. The lowest BCUT2D eigenvalue weighted by Crippen LogP contribution is -2.04. The number of rotatable bonds is 4. The summed E-state index contributed by atoms with van der Waals surface area (Å²) >= 11 is 3.46. The van der Waals surface area contributed by atoms with Crippen molar-refractivity contribution < 1.29 is 14.6 Å². The molecule has 0 saturated carbocycles. The molecule has 1 atom stereocenters. The van der Waals surface area contributed by atoms with E-state index in [1.165, 1.54) is 5.56 Å². The summed E-state index contributed by atoms with van der Waals surface area (Å²) in [6.07, 6.45) is 0.873. The van der Waals surface area contributed by atoms with E-state index in [0.717, 1.165) is 40.1 Å². The number of hydrogen-bond donors (Lipinski definition) is 1. The average molecular weight is 349 g/mol. The number of aliphatic hydroxyl groups excluding tert-OH is 1. The van der Waals surface area contributed by atoms with Crippen LogP contribution in [0.1, 0.15) is 22.8 Å². The third-order valence-corrected chi connectivity index (χ3v) is 4.25. The van der Waals surface area contributed by atoms with Gasteiger partial charge in [-0.25, -0.2) is 0 Å². The molecular formula is C17H17BrO3. The molecule has 0 radical (unpaired) electrons. The summed E-state index contributed by atoms with van der Waals surface area (Å²) in [5.41, 5.74) is 3.07. The largest absolute Gasteiger partial charge is 0.496 e. The van der Waals surface area contributed by atoms with Gasteiger partial charge in [0.05, 0.1) is 19.8 Å². The van der Waals surface area contributed by atoms with E-state index in [2.05, 4.69) is 15.9 Å². The van der Waals surface area contributed by atoms with Crippen LogP contribution in [0.2, 0.25) is 0 Å². The second-order valence-electron chi connectivity index (χ2n) is 5.14. The Hall–Kier alpha value is -1.52. The van der Waals surface area contributed by atoms with Crippen LogP contribution in [-0.4, -0.2) is 18.8 Å². The fraction of sp³-hybridized carbons (Fsp3) is 0.294. The summed E-state index contributed by atoms with van der Waals surface area (Å²) < 4.78 is 11.8. The van der Waals surface area contributed by atoms with Crippen molar-refractivity contribution in [1.29, 1.82) is 0 Å². The predicted octanol–water partition coefficient (Wildman–Crippen LogP) is 3.67. The molecule has 2 aromatic rings. The molecule has 0 bridgehead atoms. The number of ether oxygens (including phenoxy) is 2. The van der Waals surface area contributed by atoms with Crippen LogP contribution in [0.3, 0.4) is 0 Å². The molecule has 1 heterocycles. The first kappa shape index (κ1) is 14.4. The lowest BCUT2D eigenvalue weighted by Gasteiger charge is -2.15. The van der Waals surface area contributed by atoms with E-state index in [0.29, 0.717) is 6.42 Å². The Labute approximate surface area is 132 Å². The predicted molar refractivity (Wildman–Crippen MR) is 85.0 cm³/mol. The van der Waals surface area contributed by atoms with Crippen LogP contribution in [0, 0.1) is 0 Å². The van der Waals surface area contributed by atoms with Gasteiger partial charge < -0.3 is 14.6 Å². The molecule has 0 aliphatic carbocycles. The molecule has 3 nitrogen and oxygen atoms in total. The summed E-state index contributed by atoms with van der Waals surface area (Å²) in [6, 6.07) is 11.7. The molecular weight excluding hydrogens is 332 g/mol. The van der Waals surface area contributed by atoms with E-state index in [9.17, 15) is 5.11 Å².